The number of fused-ring (bicyclic) bond motifs is 3. The summed E-state index contributed by atoms with van der Waals surface area (Å²) in [6.45, 7) is 3.94. The first-order valence-corrected chi connectivity index (χ1v) is 12.0. The molecule has 1 atom stereocenters. The molecule has 1 aliphatic carbocycles. The van der Waals surface area contributed by atoms with Gasteiger partial charge in [-0.05, 0) is 28.7 Å². The highest BCUT2D eigenvalue weighted by molar-refractivity contribution is 7.09. The number of hydrogen-bond donors (Lipinski definition) is 3. The molecule has 9 heteroatoms. The number of nitrogens with one attached hydrogen (secondary N) is 2. The van der Waals surface area contributed by atoms with Gasteiger partial charge in [0.1, 0.15) is 17.7 Å². The molecule has 1 heterocycles. The van der Waals surface area contributed by atoms with Crippen molar-refractivity contribution in [3.8, 4) is 11.1 Å². The topological polar surface area (TPSA) is 118 Å². The molecule has 3 N–H and O–H groups in total. The Morgan fingerprint density at radius 3 is 2.40 bits per heavy atom. The SMILES string of the molecule is C=CCC(NC(=O)OCC1c2ccccc2-c2ccccc21)C(=O)NCc1nc(CC(=O)O)cs1. The summed E-state index contributed by atoms with van der Waals surface area (Å²) in [5, 5.41) is 16.4. The molecular weight excluding hydrogens is 466 g/mol. The number of aromatic nitrogens is 1. The van der Waals surface area contributed by atoms with Crippen molar-refractivity contribution in [1.82, 2.24) is 15.6 Å². The van der Waals surface area contributed by atoms with Gasteiger partial charge in [0.15, 0.2) is 0 Å². The van der Waals surface area contributed by atoms with Crippen molar-refractivity contribution in [3.05, 3.63) is 88.4 Å². The van der Waals surface area contributed by atoms with Crippen molar-refractivity contribution in [2.45, 2.75) is 31.3 Å². The molecule has 1 aliphatic rings. The molecule has 4 rings (SSSR count). The lowest BCUT2D eigenvalue weighted by atomic mass is 9.98. The Bertz CT molecular complexity index is 1210. The second kappa shape index (κ2) is 11.0. The van der Waals surface area contributed by atoms with Gasteiger partial charge in [-0.3, -0.25) is 9.59 Å². The zero-order chi connectivity index (χ0) is 24.8. The molecule has 2 amide bonds. The molecule has 1 aromatic heterocycles. The minimum absolute atomic E-state index is 0.0790. The van der Waals surface area contributed by atoms with Gasteiger partial charge in [-0.25, -0.2) is 9.78 Å². The Morgan fingerprint density at radius 1 is 1.11 bits per heavy atom. The molecule has 0 spiro atoms. The summed E-state index contributed by atoms with van der Waals surface area (Å²) in [5.74, 6) is -1.46. The van der Waals surface area contributed by atoms with Crippen LogP contribution in [0.2, 0.25) is 0 Å². The number of amides is 2. The highest BCUT2D eigenvalue weighted by atomic mass is 32.1. The number of carbonyl (C=O) groups is 3. The van der Waals surface area contributed by atoms with Gasteiger partial charge in [-0.15, -0.1) is 17.9 Å². The Hall–Kier alpha value is -3.98. The molecule has 2 aromatic carbocycles. The summed E-state index contributed by atoms with van der Waals surface area (Å²) in [6, 6.07) is 15.3. The number of nitrogens with zero attached hydrogens (tertiary/aromatic N) is 1. The normalized spacial score (nSPS) is 12.8. The number of thiazole rings is 1. The quantitative estimate of drug-likeness (QED) is 0.371. The zero-order valence-corrected chi connectivity index (χ0v) is 19.7. The number of carboxylic acids is 1. The summed E-state index contributed by atoms with van der Waals surface area (Å²) in [6.07, 6.45) is 0.903. The first-order chi connectivity index (χ1) is 17.0. The third kappa shape index (κ3) is 5.75. The fraction of sp³-hybridized carbons (Fsp3) is 0.231. The van der Waals surface area contributed by atoms with Gasteiger partial charge in [0.25, 0.3) is 0 Å². The summed E-state index contributed by atoms with van der Waals surface area (Å²) in [5.41, 5.74) is 4.91. The number of ether oxygens (including phenoxy) is 1. The van der Waals surface area contributed by atoms with Crippen LogP contribution in [-0.4, -0.2) is 40.7 Å². The van der Waals surface area contributed by atoms with E-state index in [-0.39, 0.29) is 31.9 Å². The number of carboxylic acid groups (broad SMARTS) is 1. The van der Waals surface area contributed by atoms with Crippen LogP contribution >= 0.6 is 11.3 Å². The molecule has 0 bridgehead atoms. The minimum Gasteiger partial charge on any atom is -0.481 e. The fourth-order valence-electron chi connectivity index (χ4n) is 4.13. The van der Waals surface area contributed by atoms with Crippen molar-refractivity contribution in [1.29, 1.82) is 0 Å². The molecule has 0 radical (unpaired) electrons. The largest absolute Gasteiger partial charge is 0.481 e. The van der Waals surface area contributed by atoms with E-state index >= 15 is 0 Å². The van der Waals surface area contributed by atoms with Gasteiger partial charge >= 0.3 is 12.1 Å². The maximum absolute atomic E-state index is 12.7. The maximum Gasteiger partial charge on any atom is 0.407 e. The van der Waals surface area contributed by atoms with Crippen LogP contribution in [0.5, 0.6) is 0 Å². The Labute approximate surface area is 206 Å². The lowest BCUT2D eigenvalue weighted by molar-refractivity contribution is -0.136. The van der Waals surface area contributed by atoms with Gasteiger partial charge in [0.05, 0.1) is 18.7 Å². The third-order valence-electron chi connectivity index (χ3n) is 5.70. The zero-order valence-electron chi connectivity index (χ0n) is 18.9. The number of benzene rings is 2. The Balaban J connectivity index is 1.33. The van der Waals surface area contributed by atoms with E-state index < -0.39 is 24.0 Å². The van der Waals surface area contributed by atoms with Gasteiger partial charge < -0.3 is 20.5 Å². The first kappa shape index (κ1) is 24.2. The molecule has 8 nitrogen and oxygen atoms in total. The second-order valence-corrected chi connectivity index (χ2v) is 9.01. The molecule has 0 aliphatic heterocycles. The van der Waals surface area contributed by atoms with Crippen molar-refractivity contribution in [2.24, 2.45) is 0 Å². The molecular formula is C26H25N3O5S. The molecule has 0 saturated heterocycles. The monoisotopic (exact) mass is 491 g/mol. The fourth-order valence-corrected chi connectivity index (χ4v) is 4.87. The smallest absolute Gasteiger partial charge is 0.407 e. The molecule has 0 saturated carbocycles. The molecule has 35 heavy (non-hydrogen) atoms. The van der Waals surface area contributed by atoms with Crippen molar-refractivity contribution in [2.75, 3.05) is 6.61 Å². The number of aliphatic carboxylic acids is 1. The summed E-state index contributed by atoms with van der Waals surface area (Å²) in [4.78, 5) is 40.2. The number of rotatable bonds is 10. The van der Waals surface area contributed by atoms with Gasteiger partial charge in [-0.2, -0.15) is 0 Å². The number of alkyl carbamates (subject to hydrolysis) is 1. The van der Waals surface area contributed by atoms with E-state index in [1.807, 2.05) is 36.4 Å². The maximum atomic E-state index is 12.7. The summed E-state index contributed by atoms with van der Waals surface area (Å²) >= 11 is 1.26. The van der Waals surface area contributed by atoms with Crippen LogP contribution in [0.3, 0.4) is 0 Å². The van der Waals surface area contributed by atoms with E-state index in [1.165, 1.54) is 11.3 Å². The van der Waals surface area contributed by atoms with E-state index in [2.05, 4.69) is 34.3 Å². The van der Waals surface area contributed by atoms with Crippen molar-refractivity contribution < 1.29 is 24.2 Å². The lowest BCUT2D eigenvalue weighted by Crippen LogP contribution is -2.46. The Morgan fingerprint density at radius 2 is 1.77 bits per heavy atom. The lowest BCUT2D eigenvalue weighted by Gasteiger charge is -2.18. The van der Waals surface area contributed by atoms with Crippen LogP contribution < -0.4 is 10.6 Å². The van der Waals surface area contributed by atoms with Crippen LogP contribution in [-0.2, 0) is 27.3 Å². The average molecular weight is 492 g/mol. The molecule has 0 fully saturated rings. The average Bonchev–Trinajstić information content (AvgIpc) is 3.42. The third-order valence-corrected chi connectivity index (χ3v) is 6.60. The number of carbonyl (C=O) groups excluding carboxylic acids is 2. The van der Waals surface area contributed by atoms with Gasteiger partial charge in [-0.1, -0.05) is 54.6 Å². The Kier molecular flexibility index (Phi) is 7.57. The highest BCUT2D eigenvalue weighted by Crippen LogP contribution is 2.44. The predicted octanol–water partition coefficient (Wildman–Crippen LogP) is 3.87. The first-order valence-electron chi connectivity index (χ1n) is 11.1. The van der Waals surface area contributed by atoms with Crippen LogP contribution in [0.25, 0.3) is 11.1 Å². The van der Waals surface area contributed by atoms with Gasteiger partial charge in [0.2, 0.25) is 5.91 Å². The van der Waals surface area contributed by atoms with E-state index in [1.54, 1.807) is 11.5 Å². The van der Waals surface area contributed by atoms with E-state index in [0.29, 0.717) is 10.7 Å². The van der Waals surface area contributed by atoms with E-state index in [4.69, 9.17) is 9.84 Å². The second-order valence-electron chi connectivity index (χ2n) is 8.07. The van der Waals surface area contributed by atoms with Crippen LogP contribution in [0.15, 0.2) is 66.6 Å². The van der Waals surface area contributed by atoms with Crippen LogP contribution in [0, 0.1) is 0 Å². The van der Waals surface area contributed by atoms with Gasteiger partial charge in [0, 0.05) is 11.3 Å². The number of hydrogen-bond acceptors (Lipinski definition) is 6. The van der Waals surface area contributed by atoms with E-state index in [0.717, 1.165) is 22.3 Å². The highest BCUT2D eigenvalue weighted by Gasteiger charge is 2.29. The summed E-state index contributed by atoms with van der Waals surface area (Å²) < 4.78 is 5.54. The van der Waals surface area contributed by atoms with Crippen molar-refractivity contribution in [3.63, 3.8) is 0 Å². The van der Waals surface area contributed by atoms with Crippen LogP contribution in [0.4, 0.5) is 4.79 Å². The summed E-state index contributed by atoms with van der Waals surface area (Å²) in [7, 11) is 0. The minimum atomic E-state index is -0.968. The van der Waals surface area contributed by atoms with Crippen LogP contribution in [0.1, 0.15) is 34.2 Å². The standard InChI is InChI=1S/C26H25N3O5S/c1-2-7-22(25(32)27-13-23-28-16(15-35-23)12-24(30)31)29-26(33)34-14-21-19-10-5-3-8-17(19)18-9-4-6-11-20(18)21/h2-6,8-11,15,21-22H,1,7,12-14H2,(H,27,32)(H,29,33)(H,30,31). The predicted molar refractivity (Wildman–Crippen MR) is 132 cm³/mol. The van der Waals surface area contributed by atoms with E-state index in [9.17, 15) is 14.4 Å². The molecule has 1 unspecified atom stereocenters. The molecule has 180 valence electrons. The molecule has 3 aromatic rings. The van der Waals surface area contributed by atoms with Crippen molar-refractivity contribution >= 4 is 29.3 Å².